The summed E-state index contributed by atoms with van der Waals surface area (Å²) in [6.07, 6.45) is 0.848. The van der Waals surface area contributed by atoms with Crippen LogP contribution in [0.4, 0.5) is 5.82 Å². The summed E-state index contributed by atoms with van der Waals surface area (Å²) >= 11 is 0. The van der Waals surface area contributed by atoms with Crippen LogP contribution >= 0.6 is 0 Å². The lowest BCUT2D eigenvalue weighted by Crippen LogP contribution is -2.04. The fourth-order valence-corrected chi connectivity index (χ4v) is 2.05. The molecule has 0 aliphatic carbocycles. The zero-order chi connectivity index (χ0) is 13.8. The molecule has 0 saturated heterocycles. The Morgan fingerprint density at radius 2 is 1.79 bits per heavy atom. The molecule has 0 radical (unpaired) electrons. The van der Waals surface area contributed by atoms with Gasteiger partial charge in [-0.05, 0) is 44.5 Å². The van der Waals surface area contributed by atoms with E-state index < -0.39 is 0 Å². The van der Waals surface area contributed by atoms with E-state index in [9.17, 15) is 0 Å². The van der Waals surface area contributed by atoms with Gasteiger partial charge in [0, 0.05) is 16.8 Å². The summed E-state index contributed by atoms with van der Waals surface area (Å²) in [5.41, 5.74) is 8.88. The van der Waals surface area contributed by atoms with Crippen molar-refractivity contribution >= 4 is 5.82 Å². The summed E-state index contributed by atoms with van der Waals surface area (Å²) in [6, 6.07) is 7.73. The summed E-state index contributed by atoms with van der Waals surface area (Å²) < 4.78 is 5.42. The molecule has 4 heteroatoms. The minimum Gasteiger partial charge on any atom is -0.494 e. The minimum absolute atomic E-state index is 0.568. The number of nitrogens with two attached hydrogens (primary N) is 1. The molecule has 0 fully saturated rings. The van der Waals surface area contributed by atoms with Gasteiger partial charge in [-0.2, -0.15) is 0 Å². The Hall–Kier alpha value is -2.10. The number of aryl methyl sites for hydroxylation is 1. The first kappa shape index (κ1) is 13.3. The quantitative estimate of drug-likeness (QED) is 0.914. The number of nitrogens with zero attached hydrogens (tertiary/aromatic N) is 2. The third-order valence-electron chi connectivity index (χ3n) is 3.02. The van der Waals surface area contributed by atoms with E-state index in [0.717, 1.165) is 29.0 Å². The molecule has 0 saturated carbocycles. The lowest BCUT2D eigenvalue weighted by molar-refractivity contribution is 0.340. The number of aromatic nitrogens is 2. The van der Waals surface area contributed by atoms with E-state index in [2.05, 4.69) is 16.9 Å². The SMILES string of the molecule is CCOc1ccc(-c2nc(C)c(CC)c(N)n2)cc1. The van der Waals surface area contributed by atoms with Gasteiger partial charge in [-0.15, -0.1) is 0 Å². The molecule has 2 rings (SSSR count). The molecule has 0 aliphatic heterocycles. The lowest BCUT2D eigenvalue weighted by atomic mass is 10.1. The predicted molar refractivity (Wildman–Crippen MR) is 77.2 cm³/mol. The summed E-state index contributed by atoms with van der Waals surface area (Å²) in [7, 11) is 0. The first-order valence-corrected chi connectivity index (χ1v) is 6.52. The van der Waals surface area contributed by atoms with Gasteiger partial charge in [-0.3, -0.25) is 0 Å². The molecular formula is C15H19N3O. The average Bonchev–Trinajstić information content (AvgIpc) is 2.39. The molecule has 2 N–H and O–H groups in total. The molecule has 0 atom stereocenters. The number of ether oxygens (including phenoxy) is 1. The normalized spacial score (nSPS) is 10.5. The van der Waals surface area contributed by atoms with Crippen molar-refractivity contribution in [3.8, 4) is 17.1 Å². The van der Waals surface area contributed by atoms with Crippen LogP contribution in [0.1, 0.15) is 25.1 Å². The highest BCUT2D eigenvalue weighted by atomic mass is 16.5. The highest BCUT2D eigenvalue weighted by Crippen LogP contribution is 2.23. The minimum atomic E-state index is 0.568. The van der Waals surface area contributed by atoms with Crippen LogP contribution in [0.5, 0.6) is 5.75 Å². The fraction of sp³-hybridized carbons (Fsp3) is 0.333. The number of hydrogen-bond acceptors (Lipinski definition) is 4. The Morgan fingerprint density at radius 1 is 1.11 bits per heavy atom. The van der Waals surface area contributed by atoms with Gasteiger partial charge in [0.2, 0.25) is 0 Å². The van der Waals surface area contributed by atoms with Crippen LogP contribution in [0.3, 0.4) is 0 Å². The van der Waals surface area contributed by atoms with E-state index >= 15 is 0 Å². The van der Waals surface area contributed by atoms with Crippen molar-refractivity contribution in [3.63, 3.8) is 0 Å². The Bertz CT molecular complexity index is 541. The summed E-state index contributed by atoms with van der Waals surface area (Å²) in [6.45, 7) is 6.64. The van der Waals surface area contributed by atoms with E-state index in [1.54, 1.807) is 0 Å². The highest BCUT2D eigenvalue weighted by molar-refractivity contribution is 5.59. The van der Waals surface area contributed by atoms with E-state index in [4.69, 9.17) is 10.5 Å². The van der Waals surface area contributed by atoms with Gasteiger partial charge in [0.05, 0.1) is 6.61 Å². The molecule has 0 aliphatic rings. The summed E-state index contributed by atoms with van der Waals surface area (Å²) in [5.74, 6) is 2.08. The lowest BCUT2D eigenvalue weighted by Gasteiger charge is -2.09. The maximum atomic E-state index is 5.97. The molecule has 0 spiro atoms. The van der Waals surface area contributed by atoms with Crippen molar-refractivity contribution in [1.82, 2.24) is 9.97 Å². The van der Waals surface area contributed by atoms with E-state index in [1.807, 2.05) is 38.1 Å². The van der Waals surface area contributed by atoms with Crippen molar-refractivity contribution < 1.29 is 4.74 Å². The Balaban J connectivity index is 2.36. The van der Waals surface area contributed by atoms with Crippen molar-refractivity contribution in [3.05, 3.63) is 35.5 Å². The van der Waals surface area contributed by atoms with Gasteiger partial charge in [0.25, 0.3) is 0 Å². The van der Waals surface area contributed by atoms with Crippen LogP contribution in [0.15, 0.2) is 24.3 Å². The largest absolute Gasteiger partial charge is 0.494 e. The van der Waals surface area contributed by atoms with Crippen molar-refractivity contribution in [1.29, 1.82) is 0 Å². The molecule has 0 amide bonds. The third-order valence-corrected chi connectivity index (χ3v) is 3.02. The number of anilines is 1. The van der Waals surface area contributed by atoms with Gasteiger partial charge in [0.1, 0.15) is 11.6 Å². The molecular weight excluding hydrogens is 238 g/mol. The standard InChI is InChI=1S/C15H19N3O/c1-4-13-10(3)17-15(18-14(13)16)11-6-8-12(9-7-11)19-5-2/h6-9H,4-5H2,1-3H3,(H2,16,17,18). The second-order valence-electron chi connectivity index (χ2n) is 4.31. The molecule has 100 valence electrons. The Morgan fingerprint density at radius 3 is 2.32 bits per heavy atom. The summed E-state index contributed by atoms with van der Waals surface area (Å²) in [5, 5.41) is 0. The fourth-order valence-electron chi connectivity index (χ4n) is 2.05. The van der Waals surface area contributed by atoms with E-state index in [-0.39, 0.29) is 0 Å². The number of nitrogen functional groups attached to an aromatic ring is 1. The van der Waals surface area contributed by atoms with Crippen molar-refractivity contribution in [2.75, 3.05) is 12.3 Å². The summed E-state index contributed by atoms with van der Waals surface area (Å²) in [4.78, 5) is 8.90. The first-order chi connectivity index (χ1) is 9.15. The van der Waals surface area contributed by atoms with Crippen LogP contribution < -0.4 is 10.5 Å². The highest BCUT2D eigenvalue weighted by Gasteiger charge is 2.09. The topological polar surface area (TPSA) is 61.0 Å². The van der Waals surface area contributed by atoms with Crippen LogP contribution in [-0.4, -0.2) is 16.6 Å². The maximum absolute atomic E-state index is 5.97. The number of hydrogen-bond donors (Lipinski definition) is 1. The Kier molecular flexibility index (Phi) is 4.00. The molecule has 1 heterocycles. The zero-order valence-electron chi connectivity index (χ0n) is 11.6. The van der Waals surface area contributed by atoms with Crippen molar-refractivity contribution in [2.24, 2.45) is 0 Å². The first-order valence-electron chi connectivity index (χ1n) is 6.52. The molecule has 2 aromatic rings. The predicted octanol–water partition coefficient (Wildman–Crippen LogP) is 3.00. The van der Waals surface area contributed by atoms with Crippen LogP contribution in [0.2, 0.25) is 0 Å². The smallest absolute Gasteiger partial charge is 0.161 e. The third kappa shape index (κ3) is 2.84. The molecule has 4 nitrogen and oxygen atoms in total. The van der Waals surface area contributed by atoms with E-state index in [1.165, 1.54) is 0 Å². The van der Waals surface area contributed by atoms with E-state index in [0.29, 0.717) is 18.2 Å². The zero-order valence-corrected chi connectivity index (χ0v) is 11.6. The van der Waals surface area contributed by atoms with Crippen LogP contribution in [0, 0.1) is 6.92 Å². The van der Waals surface area contributed by atoms with Gasteiger partial charge in [-0.1, -0.05) is 6.92 Å². The molecule has 19 heavy (non-hydrogen) atoms. The van der Waals surface area contributed by atoms with Gasteiger partial charge in [0.15, 0.2) is 5.82 Å². The Labute approximate surface area is 113 Å². The van der Waals surface area contributed by atoms with Gasteiger partial charge < -0.3 is 10.5 Å². The molecule has 1 aromatic carbocycles. The number of rotatable bonds is 4. The molecule has 1 aromatic heterocycles. The van der Waals surface area contributed by atoms with Gasteiger partial charge >= 0.3 is 0 Å². The second kappa shape index (κ2) is 5.69. The van der Waals surface area contributed by atoms with Crippen LogP contribution in [0.25, 0.3) is 11.4 Å². The number of benzene rings is 1. The average molecular weight is 257 g/mol. The molecule has 0 bridgehead atoms. The van der Waals surface area contributed by atoms with Crippen molar-refractivity contribution in [2.45, 2.75) is 27.2 Å². The maximum Gasteiger partial charge on any atom is 0.161 e. The molecule has 0 unspecified atom stereocenters. The second-order valence-corrected chi connectivity index (χ2v) is 4.31. The van der Waals surface area contributed by atoms with Gasteiger partial charge in [-0.25, -0.2) is 9.97 Å². The van der Waals surface area contributed by atoms with Crippen LogP contribution in [-0.2, 0) is 6.42 Å². The monoisotopic (exact) mass is 257 g/mol.